The number of nitro groups is 1. The zero-order chi connectivity index (χ0) is 23.6. The highest BCUT2D eigenvalue weighted by atomic mass is 32.2. The fraction of sp³-hybridized carbons (Fsp3) is 0.0435. The maximum atomic E-state index is 13.3. The van der Waals surface area contributed by atoms with Gasteiger partial charge in [-0.25, -0.2) is 17.8 Å². The number of non-ortho nitro benzene ring substituents is 1. The molecule has 10 heteroatoms. The minimum absolute atomic E-state index is 0.0683. The number of fused-ring (bicyclic) bond motifs is 1. The largest absolute Gasteiger partial charge is 0.271 e. The number of hydrazone groups is 1. The molecule has 0 saturated carbocycles. The van der Waals surface area contributed by atoms with Crippen LogP contribution in [0.3, 0.4) is 0 Å². The Morgan fingerprint density at radius 3 is 2.27 bits per heavy atom. The Kier molecular flexibility index (Phi) is 5.76. The molecule has 0 spiro atoms. The zero-order valence-electron chi connectivity index (χ0n) is 17.4. The summed E-state index contributed by atoms with van der Waals surface area (Å²) in [6.07, 6.45) is 1.35. The summed E-state index contributed by atoms with van der Waals surface area (Å²) in [6.45, 7) is 1.58. The molecule has 0 radical (unpaired) electrons. The fourth-order valence-corrected chi connectivity index (χ4v) is 4.73. The number of rotatable bonds is 6. The Labute approximate surface area is 189 Å². The molecule has 0 bridgehead atoms. The van der Waals surface area contributed by atoms with Crippen LogP contribution in [-0.4, -0.2) is 28.9 Å². The number of nitro benzene ring substituents is 1. The van der Waals surface area contributed by atoms with Gasteiger partial charge in [0.2, 0.25) is 0 Å². The molecule has 3 aromatic carbocycles. The first-order valence-corrected chi connectivity index (χ1v) is 11.2. The molecule has 4 rings (SSSR count). The van der Waals surface area contributed by atoms with Gasteiger partial charge < -0.3 is 0 Å². The molecule has 9 nitrogen and oxygen atoms in total. The second kappa shape index (κ2) is 8.67. The van der Waals surface area contributed by atoms with E-state index in [0.29, 0.717) is 16.5 Å². The highest BCUT2D eigenvalue weighted by Crippen LogP contribution is 2.29. The first-order chi connectivity index (χ1) is 15.8. The van der Waals surface area contributed by atoms with E-state index in [4.69, 9.17) is 0 Å². The normalized spacial score (nSPS) is 12.0. The molecular formula is C23H18N4O5S. The van der Waals surface area contributed by atoms with Gasteiger partial charge in [-0.3, -0.25) is 14.9 Å². The molecule has 166 valence electrons. The van der Waals surface area contributed by atoms with Gasteiger partial charge in [-0.05, 0) is 37.3 Å². The van der Waals surface area contributed by atoms with Crippen LogP contribution in [0, 0.1) is 10.1 Å². The topological polar surface area (TPSA) is 124 Å². The lowest BCUT2D eigenvalue weighted by molar-refractivity contribution is -0.384. The number of amides is 1. The molecule has 1 heterocycles. The number of carbonyl (C=O) groups is 1. The van der Waals surface area contributed by atoms with Crippen LogP contribution in [0.2, 0.25) is 0 Å². The predicted molar refractivity (Wildman–Crippen MR) is 124 cm³/mol. The first kappa shape index (κ1) is 21.9. The average molecular weight is 462 g/mol. The summed E-state index contributed by atoms with van der Waals surface area (Å²) in [5.74, 6) is -0.443. The Morgan fingerprint density at radius 1 is 1.00 bits per heavy atom. The summed E-state index contributed by atoms with van der Waals surface area (Å²) < 4.78 is 27.6. The fourth-order valence-electron chi connectivity index (χ4n) is 3.34. The van der Waals surface area contributed by atoms with Crippen molar-refractivity contribution in [2.45, 2.75) is 11.8 Å². The predicted octanol–water partition coefficient (Wildman–Crippen LogP) is 3.94. The van der Waals surface area contributed by atoms with E-state index in [0.717, 1.165) is 3.97 Å². The SMILES string of the molecule is C/C(=N\NC(=O)c1ccccc1)c1cn(S(=O)(=O)c2ccccc2)c2ccc([N+](=O)[O-])cc12. The number of nitrogens with one attached hydrogen (secondary N) is 1. The van der Waals surface area contributed by atoms with Gasteiger partial charge in [0.25, 0.3) is 21.6 Å². The van der Waals surface area contributed by atoms with Crippen LogP contribution >= 0.6 is 0 Å². The summed E-state index contributed by atoms with van der Waals surface area (Å²) in [5, 5.41) is 15.7. The second-order valence-corrected chi connectivity index (χ2v) is 8.93. The standard InChI is InChI=1S/C23H18N4O5S/c1-16(24-25-23(28)17-8-4-2-5-9-17)21-15-26(33(31,32)19-10-6-3-7-11-19)22-13-12-18(27(29)30)14-20(21)22/h2-15H,1H3,(H,25,28)/b24-16+. The molecular weight excluding hydrogens is 444 g/mol. The van der Waals surface area contributed by atoms with E-state index >= 15 is 0 Å². The maximum absolute atomic E-state index is 13.3. The number of hydrogen-bond acceptors (Lipinski definition) is 6. The summed E-state index contributed by atoms with van der Waals surface area (Å²) in [4.78, 5) is 23.2. The Balaban J connectivity index is 1.83. The van der Waals surface area contributed by atoms with Crippen LogP contribution in [0.25, 0.3) is 10.9 Å². The van der Waals surface area contributed by atoms with Crippen LogP contribution in [0.5, 0.6) is 0 Å². The summed E-state index contributed by atoms with van der Waals surface area (Å²) in [6, 6.07) is 20.2. The molecule has 0 saturated heterocycles. The number of benzene rings is 3. The molecule has 33 heavy (non-hydrogen) atoms. The Morgan fingerprint density at radius 2 is 1.64 bits per heavy atom. The molecule has 1 N–H and O–H groups in total. The van der Waals surface area contributed by atoms with E-state index in [1.165, 1.54) is 36.5 Å². The molecule has 0 unspecified atom stereocenters. The van der Waals surface area contributed by atoms with E-state index in [2.05, 4.69) is 10.5 Å². The molecule has 0 aliphatic rings. The third-order valence-electron chi connectivity index (χ3n) is 5.02. The van der Waals surface area contributed by atoms with Crippen LogP contribution in [0.15, 0.2) is 95.1 Å². The second-order valence-electron chi connectivity index (χ2n) is 7.12. The zero-order valence-corrected chi connectivity index (χ0v) is 18.2. The van der Waals surface area contributed by atoms with Crippen molar-refractivity contribution in [2.75, 3.05) is 0 Å². The smallest absolute Gasteiger partial charge is 0.267 e. The van der Waals surface area contributed by atoms with Crippen LogP contribution in [0.4, 0.5) is 5.69 Å². The summed E-state index contributed by atoms with van der Waals surface area (Å²) >= 11 is 0. The van der Waals surface area contributed by atoms with Gasteiger partial charge in [0.15, 0.2) is 0 Å². The van der Waals surface area contributed by atoms with Crippen LogP contribution < -0.4 is 5.43 Å². The highest BCUT2D eigenvalue weighted by molar-refractivity contribution is 7.90. The van der Waals surface area contributed by atoms with Crippen molar-refractivity contribution < 1.29 is 18.1 Å². The number of aromatic nitrogens is 1. The summed E-state index contributed by atoms with van der Waals surface area (Å²) in [7, 11) is -3.98. The van der Waals surface area contributed by atoms with Gasteiger partial charge in [0.05, 0.1) is 21.0 Å². The quantitative estimate of drug-likeness (QED) is 0.264. The average Bonchev–Trinajstić information content (AvgIpc) is 3.23. The van der Waals surface area contributed by atoms with Gasteiger partial charge in [0.1, 0.15) is 0 Å². The molecule has 4 aromatic rings. The van der Waals surface area contributed by atoms with Crippen molar-refractivity contribution in [1.82, 2.24) is 9.40 Å². The van der Waals surface area contributed by atoms with Crippen molar-refractivity contribution in [3.63, 3.8) is 0 Å². The third-order valence-corrected chi connectivity index (χ3v) is 6.70. The molecule has 0 aliphatic heterocycles. The summed E-state index contributed by atoms with van der Waals surface area (Å²) in [5.41, 5.74) is 3.51. The van der Waals surface area contributed by atoms with Crippen LogP contribution in [0.1, 0.15) is 22.8 Å². The van der Waals surface area contributed by atoms with Crippen molar-refractivity contribution in [3.8, 4) is 0 Å². The van der Waals surface area contributed by atoms with Crippen molar-refractivity contribution in [1.29, 1.82) is 0 Å². The lowest BCUT2D eigenvalue weighted by atomic mass is 10.1. The van der Waals surface area contributed by atoms with Crippen LogP contribution in [-0.2, 0) is 10.0 Å². The van der Waals surface area contributed by atoms with Gasteiger partial charge in [-0.1, -0.05) is 36.4 Å². The first-order valence-electron chi connectivity index (χ1n) is 9.79. The van der Waals surface area contributed by atoms with Crippen molar-refractivity contribution >= 4 is 38.2 Å². The lowest BCUT2D eigenvalue weighted by Crippen LogP contribution is -2.19. The number of hydrogen-bond donors (Lipinski definition) is 1. The highest BCUT2D eigenvalue weighted by Gasteiger charge is 2.23. The maximum Gasteiger partial charge on any atom is 0.271 e. The van der Waals surface area contributed by atoms with E-state index < -0.39 is 20.9 Å². The van der Waals surface area contributed by atoms with E-state index in [1.54, 1.807) is 55.5 Å². The molecule has 0 aliphatic carbocycles. The molecule has 0 fully saturated rings. The van der Waals surface area contributed by atoms with Gasteiger partial charge in [-0.15, -0.1) is 0 Å². The third kappa shape index (κ3) is 4.23. The Bertz CT molecular complexity index is 1490. The molecule has 1 aromatic heterocycles. The van der Waals surface area contributed by atoms with E-state index in [1.807, 2.05) is 0 Å². The van der Waals surface area contributed by atoms with E-state index in [9.17, 15) is 23.3 Å². The van der Waals surface area contributed by atoms with Gasteiger partial charge in [0, 0.05) is 34.8 Å². The van der Waals surface area contributed by atoms with Gasteiger partial charge >= 0.3 is 0 Å². The minimum Gasteiger partial charge on any atom is -0.267 e. The minimum atomic E-state index is -3.98. The Hall–Kier alpha value is -4.31. The van der Waals surface area contributed by atoms with Crippen molar-refractivity contribution in [3.05, 3.63) is 106 Å². The monoisotopic (exact) mass is 462 g/mol. The van der Waals surface area contributed by atoms with E-state index in [-0.39, 0.29) is 21.8 Å². The lowest BCUT2D eigenvalue weighted by Gasteiger charge is -2.07. The molecule has 0 atom stereocenters. The van der Waals surface area contributed by atoms with Gasteiger partial charge in [-0.2, -0.15) is 5.10 Å². The molecule has 1 amide bonds. The number of nitrogens with zero attached hydrogens (tertiary/aromatic N) is 3. The number of carbonyl (C=O) groups excluding carboxylic acids is 1. The van der Waals surface area contributed by atoms with Crippen molar-refractivity contribution in [2.24, 2.45) is 5.10 Å².